The molecule has 0 radical (unpaired) electrons. The van der Waals surface area contributed by atoms with Crippen molar-refractivity contribution in [1.29, 1.82) is 0 Å². The normalized spacial score (nSPS) is 38.4. The maximum atomic E-state index is 11.1. The highest BCUT2D eigenvalue weighted by molar-refractivity contribution is 5.08. The average Bonchev–Trinajstić information content (AvgIpc) is 2.40. The number of unbranched alkanes of at least 4 members (excludes halogenated alkanes) is 1. The molecule has 0 aliphatic carbocycles. The van der Waals surface area contributed by atoms with Gasteiger partial charge in [-0.1, -0.05) is 27.2 Å². The SMILES string of the molecule is CCCCNC[C@]1(O)[C@H](C)O[C@@H](C(C)C)C[C@@]1(C)OC. The molecular formula is C16H33NO3. The zero-order valence-corrected chi connectivity index (χ0v) is 14.0. The fourth-order valence-corrected chi connectivity index (χ4v) is 2.98. The van der Waals surface area contributed by atoms with Gasteiger partial charge in [-0.3, -0.25) is 0 Å². The number of hydrogen-bond donors (Lipinski definition) is 2. The van der Waals surface area contributed by atoms with E-state index in [2.05, 4.69) is 26.1 Å². The van der Waals surface area contributed by atoms with Crippen molar-refractivity contribution in [2.75, 3.05) is 20.2 Å². The van der Waals surface area contributed by atoms with Crippen LogP contribution >= 0.6 is 0 Å². The van der Waals surface area contributed by atoms with Crippen LogP contribution in [-0.4, -0.2) is 48.7 Å². The van der Waals surface area contributed by atoms with E-state index in [4.69, 9.17) is 9.47 Å². The third-order valence-electron chi connectivity index (χ3n) is 4.85. The van der Waals surface area contributed by atoms with Gasteiger partial charge in [0.25, 0.3) is 0 Å². The van der Waals surface area contributed by atoms with Crippen LogP contribution in [0.4, 0.5) is 0 Å². The summed E-state index contributed by atoms with van der Waals surface area (Å²) in [5.41, 5.74) is -1.58. The molecule has 4 heteroatoms. The first-order valence-electron chi connectivity index (χ1n) is 7.94. The van der Waals surface area contributed by atoms with Crippen molar-refractivity contribution >= 4 is 0 Å². The summed E-state index contributed by atoms with van der Waals surface area (Å²) in [5.74, 6) is 0.421. The summed E-state index contributed by atoms with van der Waals surface area (Å²) < 4.78 is 11.8. The van der Waals surface area contributed by atoms with Gasteiger partial charge in [0, 0.05) is 20.1 Å². The van der Waals surface area contributed by atoms with Crippen LogP contribution in [0.2, 0.25) is 0 Å². The lowest BCUT2D eigenvalue weighted by atomic mass is 9.72. The molecule has 0 aromatic carbocycles. The Morgan fingerprint density at radius 1 is 1.45 bits per heavy atom. The van der Waals surface area contributed by atoms with Crippen LogP contribution in [-0.2, 0) is 9.47 Å². The van der Waals surface area contributed by atoms with Crippen LogP contribution in [0.15, 0.2) is 0 Å². The van der Waals surface area contributed by atoms with Crippen molar-refractivity contribution in [2.24, 2.45) is 5.92 Å². The highest BCUT2D eigenvalue weighted by Gasteiger charge is 2.56. The van der Waals surface area contributed by atoms with Crippen molar-refractivity contribution in [3.8, 4) is 0 Å². The highest BCUT2D eigenvalue weighted by atomic mass is 16.6. The van der Waals surface area contributed by atoms with Crippen LogP contribution in [0.5, 0.6) is 0 Å². The summed E-state index contributed by atoms with van der Waals surface area (Å²) in [7, 11) is 1.69. The summed E-state index contributed by atoms with van der Waals surface area (Å²) in [6.45, 7) is 11.8. The standard InChI is InChI=1S/C16H33NO3/c1-7-8-9-17-11-16(18)13(4)20-14(12(2)3)10-15(16,5)19-6/h12-14,17-18H,7-11H2,1-6H3/t13-,14+,15+,16-/m0/s1. The van der Waals surface area contributed by atoms with Gasteiger partial charge in [0.2, 0.25) is 0 Å². The number of nitrogens with one attached hydrogen (secondary N) is 1. The van der Waals surface area contributed by atoms with Crippen molar-refractivity contribution in [2.45, 2.75) is 77.3 Å². The van der Waals surface area contributed by atoms with Gasteiger partial charge in [-0.2, -0.15) is 0 Å². The molecule has 0 aromatic heterocycles. The van der Waals surface area contributed by atoms with E-state index in [0.29, 0.717) is 12.5 Å². The second kappa shape index (κ2) is 7.21. The molecule has 120 valence electrons. The summed E-state index contributed by atoms with van der Waals surface area (Å²) in [6.07, 6.45) is 2.86. The topological polar surface area (TPSA) is 50.7 Å². The Morgan fingerprint density at radius 3 is 2.60 bits per heavy atom. The Morgan fingerprint density at radius 2 is 2.10 bits per heavy atom. The van der Waals surface area contributed by atoms with Crippen molar-refractivity contribution in [3.63, 3.8) is 0 Å². The van der Waals surface area contributed by atoms with E-state index in [1.807, 2.05) is 13.8 Å². The second-order valence-electron chi connectivity index (χ2n) is 6.65. The van der Waals surface area contributed by atoms with E-state index in [1.165, 1.54) is 0 Å². The zero-order chi connectivity index (χ0) is 15.4. The molecule has 1 rings (SSSR count). The van der Waals surface area contributed by atoms with Gasteiger partial charge in [-0.05, 0) is 32.7 Å². The maximum Gasteiger partial charge on any atom is 0.131 e. The molecule has 1 heterocycles. The number of aliphatic hydroxyl groups is 1. The van der Waals surface area contributed by atoms with Crippen LogP contribution in [0, 0.1) is 5.92 Å². The van der Waals surface area contributed by atoms with Crippen molar-refractivity contribution < 1.29 is 14.6 Å². The molecule has 1 saturated heterocycles. The molecule has 1 aliphatic rings. The monoisotopic (exact) mass is 287 g/mol. The molecule has 20 heavy (non-hydrogen) atoms. The third kappa shape index (κ3) is 3.53. The Labute approximate surface area is 124 Å². The first kappa shape index (κ1) is 17.9. The quantitative estimate of drug-likeness (QED) is 0.706. The lowest BCUT2D eigenvalue weighted by molar-refractivity contribution is -0.274. The summed E-state index contributed by atoms with van der Waals surface area (Å²) in [6, 6.07) is 0. The van der Waals surface area contributed by atoms with E-state index in [9.17, 15) is 5.11 Å². The molecular weight excluding hydrogens is 254 g/mol. The number of rotatable bonds is 7. The van der Waals surface area contributed by atoms with E-state index in [1.54, 1.807) is 7.11 Å². The Bertz CT molecular complexity index is 297. The first-order valence-corrected chi connectivity index (χ1v) is 7.94. The van der Waals surface area contributed by atoms with Gasteiger partial charge < -0.3 is 19.9 Å². The Kier molecular flexibility index (Phi) is 6.45. The number of methoxy groups -OCH3 is 1. The van der Waals surface area contributed by atoms with Crippen molar-refractivity contribution in [3.05, 3.63) is 0 Å². The Hall–Kier alpha value is -0.160. The van der Waals surface area contributed by atoms with E-state index in [0.717, 1.165) is 25.8 Å². The Balaban J connectivity index is 2.80. The largest absolute Gasteiger partial charge is 0.383 e. The van der Waals surface area contributed by atoms with E-state index in [-0.39, 0.29) is 12.2 Å². The highest BCUT2D eigenvalue weighted by Crippen LogP contribution is 2.41. The van der Waals surface area contributed by atoms with Crippen LogP contribution in [0.3, 0.4) is 0 Å². The predicted molar refractivity (Wildman–Crippen MR) is 81.9 cm³/mol. The first-order chi connectivity index (χ1) is 9.30. The molecule has 0 amide bonds. The minimum absolute atomic E-state index is 0.130. The van der Waals surface area contributed by atoms with E-state index < -0.39 is 11.2 Å². The van der Waals surface area contributed by atoms with Crippen LogP contribution < -0.4 is 5.32 Å². The van der Waals surface area contributed by atoms with Gasteiger partial charge in [0.05, 0.1) is 17.8 Å². The molecule has 2 N–H and O–H groups in total. The van der Waals surface area contributed by atoms with E-state index >= 15 is 0 Å². The molecule has 0 aromatic rings. The molecule has 4 atom stereocenters. The smallest absolute Gasteiger partial charge is 0.131 e. The number of hydrogen-bond acceptors (Lipinski definition) is 4. The number of ether oxygens (including phenoxy) is 2. The zero-order valence-electron chi connectivity index (χ0n) is 14.0. The van der Waals surface area contributed by atoms with Gasteiger partial charge in [0.1, 0.15) is 5.60 Å². The molecule has 0 saturated carbocycles. The molecule has 0 spiro atoms. The molecule has 1 aliphatic heterocycles. The van der Waals surface area contributed by atoms with Gasteiger partial charge in [-0.25, -0.2) is 0 Å². The van der Waals surface area contributed by atoms with Gasteiger partial charge in [0.15, 0.2) is 0 Å². The summed E-state index contributed by atoms with van der Waals surface area (Å²) in [5, 5.41) is 14.5. The van der Waals surface area contributed by atoms with Crippen molar-refractivity contribution in [1.82, 2.24) is 5.32 Å². The van der Waals surface area contributed by atoms with Gasteiger partial charge in [-0.15, -0.1) is 0 Å². The second-order valence-corrected chi connectivity index (χ2v) is 6.65. The lowest BCUT2D eigenvalue weighted by Gasteiger charge is -2.54. The fourth-order valence-electron chi connectivity index (χ4n) is 2.98. The molecule has 0 bridgehead atoms. The fraction of sp³-hybridized carbons (Fsp3) is 1.00. The molecule has 0 unspecified atom stereocenters. The average molecular weight is 287 g/mol. The van der Waals surface area contributed by atoms with Crippen LogP contribution in [0.25, 0.3) is 0 Å². The minimum atomic E-state index is -0.999. The molecule has 4 nitrogen and oxygen atoms in total. The third-order valence-corrected chi connectivity index (χ3v) is 4.85. The summed E-state index contributed by atoms with van der Waals surface area (Å²) >= 11 is 0. The maximum absolute atomic E-state index is 11.1. The summed E-state index contributed by atoms with van der Waals surface area (Å²) in [4.78, 5) is 0. The van der Waals surface area contributed by atoms with Crippen LogP contribution in [0.1, 0.15) is 53.9 Å². The lowest BCUT2D eigenvalue weighted by Crippen LogP contribution is -2.69. The predicted octanol–water partition coefficient (Wildman–Crippen LogP) is 2.35. The molecule has 1 fully saturated rings. The minimum Gasteiger partial charge on any atom is -0.383 e. The van der Waals surface area contributed by atoms with Gasteiger partial charge >= 0.3 is 0 Å².